The first kappa shape index (κ1) is 13.9. The number of urea groups is 1. The van der Waals surface area contributed by atoms with Gasteiger partial charge in [0.05, 0.1) is 0 Å². The van der Waals surface area contributed by atoms with Crippen molar-refractivity contribution in [3.05, 3.63) is 65.7 Å². The fourth-order valence-corrected chi connectivity index (χ4v) is 1.88. The predicted octanol–water partition coefficient (Wildman–Crippen LogP) is 2.61. The molecule has 2 rings (SSSR count). The summed E-state index contributed by atoms with van der Waals surface area (Å²) in [4.78, 5) is 13.6. The summed E-state index contributed by atoms with van der Waals surface area (Å²) in [5, 5.41) is 2.89. The first-order valence-electron chi connectivity index (χ1n) is 6.52. The number of hydrogen-bond donors (Lipinski definition) is 2. The average molecular weight is 269 g/mol. The molecule has 0 saturated heterocycles. The van der Waals surface area contributed by atoms with E-state index in [4.69, 9.17) is 5.73 Å². The molecule has 0 aliphatic heterocycles. The number of nitrogens with one attached hydrogen (secondary N) is 1. The van der Waals surface area contributed by atoms with Crippen LogP contribution < -0.4 is 11.1 Å². The molecule has 2 amide bonds. The lowest BCUT2D eigenvalue weighted by molar-refractivity contribution is 0.206. The lowest BCUT2D eigenvalue weighted by Gasteiger charge is -2.18. The van der Waals surface area contributed by atoms with E-state index in [0.717, 1.165) is 16.8 Å². The maximum absolute atomic E-state index is 12.0. The number of amides is 2. The SMILES string of the molecule is CN(Cc1ccc(N)cc1)C(=O)NCc1ccccc1. The smallest absolute Gasteiger partial charge is 0.317 e. The van der Waals surface area contributed by atoms with Gasteiger partial charge in [-0.3, -0.25) is 0 Å². The van der Waals surface area contributed by atoms with Crippen molar-refractivity contribution in [2.24, 2.45) is 0 Å². The average Bonchev–Trinajstić information content (AvgIpc) is 2.48. The Balaban J connectivity index is 1.84. The van der Waals surface area contributed by atoms with Crippen LogP contribution in [0.3, 0.4) is 0 Å². The minimum atomic E-state index is -0.0920. The number of carbonyl (C=O) groups excluding carboxylic acids is 1. The van der Waals surface area contributed by atoms with Crippen molar-refractivity contribution in [2.45, 2.75) is 13.1 Å². The first-order valence-corrected chi connectivity index (χ1v) is 6.52. The maximum Gasteiger partial charge on any atom is 0.317 e. The van der Waals surface area contributed by atoms with Crippen LogP contribution in [-0.2, 0) is 13.1 Å². The number of benzene rings is 2. The Kier molecular flexibility index (Phi) is 4.60. The summed E-state index contributed by atoms with van der Waals surface area (Å²) in [6, 6.07) is 17.3. The Morgan fingerprint density at radius 3 is 2.35 bits per heavy atom. The van der Waals surface area contributed by atoms with Crippen LogP contribution in [0.4, 0.5) is 10.5 Å². The van der Waals surface area contributed by atoms with Gasteiger partial charge >= 0.3 is 6.03 Å². The van der Waals surface area contributed by atoms with Crippen molar-refractivity contribution in [3.63, 3.8) is 0 Å². The molecule has 0 aromatic heterocycles. The molecule has 20 heavy (non-hydrogen) atoms. The van der Waals surface area contributed by atoms with Gasteiger partial charge in [0, 0.05) is 25.8 Å². The third-order valence-electron chi connectivity index (χ3n) is 3.03. The highest BCUT2D eigenvalue weighted by atomic mass is 16.2. The molecule has 0 fully saturated rings. The zero-order chi connectivity index (χ0) is 14.4. The third-order valence-corrected chi connectivity index (χ3v) is 3.03. The number of anilines is 1. The summed E-state index contributed by atoms with van der Waals surface area (Å²) >= 11 is 0. The van der Waals surface area contributed by atoms with Crippen LogP contribution in [0.2, 0.25) is 0 Å². The first-order chi connectivity index (χ1) is 9.65. The second kappa shape index (κ2) is 6.61. The summed E-state index contributed by atoms with van der Waals surface area (Å²) in [5.74, 6) is 0. The fraction of sp³-hybridized carbons (Fsp3) is 0.188. The quantitative estimate of drug-likeness (QED) is 0.838. The minimum absolute atomic E-state index is 0.0920. The van der Waals surface area contributed by atoms with Gasteiger partial charge in [-0.25, -0.2) is 4.79 Å². The summed E-state index contributed by atoms with van der Waals surface area (Å²) in [5.41, 5.74) is 8.50. The molecule has 0 aliphatic carbocycles. The lowest BCUT2D eigenvalue weighted by atomic mass is 10.2. The van der Waals surface area contributed by atoms with Gasteiger partial charge in [-0.2, -0.15) is 0 Å². The van der Waals surface area contributed by atoms with Gasteiger partial charge in [0.25, 0.3) is 0 Å². The van der Waals surface area contributed by atoms with E-state index in [9.17, 15) is 4.79 Å². The molecule has 4 nitrogen and oxygen atoms in total. The van der Waals surface area contributed by atoms with Crippen LogP contribution >= 0.6 is 0 Å². The van der Waals surface area contributed by atoms with Crippen molar-refractivity contribution in [1.82, 2.24) is 10.2 Å². The van der Waals surface area contributed by atoms with Crippen molar-refractivity contribution < 1.29 is 4.79 Å². The zero-order valence-corrected chi connectivity index (χ0v) is 11.5. The number of hydrogen-bond acceptors (Lipinski definition) is 2. The van der Waals surface area contributed by atoms with E-state index in [1.165, 1.54) is 0 Å². The van der Waals surface area contributed by atoms with Crippen LogP contribution in [0.1, 0.15) is 11.1 Å². The Morgan fingerprint density at radius 1 is 1.05 bits per heavy atom. The Hall–Kier alpha value is -2.49. The van der Waals surface area contributed by atoms with Crippen molar-refractivity contribution >= 4 is 11.7 Å². The van der Waals surface area contributed by atoms with E-state index >= 15 is 0 Å². The predicted molar refractivity (Wildman–Crippen MR) is 81.0 cm³/mol. The van der Waals surface area contributed by atoms with Gasteiger partial charge in [-0.1, -0.05) is 42.5 Å². The van der Waals surface area contributed by atoms with Crippen molar-refractivity contribution in [3.8, 4) is 0 Å². The van der Waals surface area contributed by atoms with Gasteiger partial charge in [0.15, 0.2) is 0 Å². The van der Waals surface area contributed by atoms with Gasteiger partial charge in [0.1, 0.15) is 0 Å². The molecule has 0 saturated carbocycles. The Morgan fingerprint density at radius 2 is 1.70 bits per heavy atom. The molecule has 0 radical (unpaired) electrons. The molecule has 3 N–H and O–H groups in total. The molecular formula is C16H19N3O. The summed E-state index contributed by atoms with van der Waals surface area (Å²) in [7, 11) is 1.77. The maximum atomic E-state index is 12.0. The molecule has 0 bridgehead atoms. The van der Waals surface area contributed by atoms with Crippen LogP contribution in [0.15, 0.2) is 54.6 Å². The highest BCUT2D eigenvalue weighted by Gasteiger charge is 2.08. The largest absolute Gasteiger partial charge is 0.399 e. The standard InChI is InChI=1S/C16H19N3O/c1-19(12-14-7-9-15(17)10-8-14)16(20)18-11-13-5-3-2-4-6-13/h2-10H,11-12,17H2,1H3,(H,18,20). The van der Waals surface area contributed by atoms with Crippen molar-refractivity contribution in [2.75, 3.05) is 12.8 Å². The highest BCUT2D eigenvalue weighted by Crippen LogP contribution is 2.08. The van der Waals surface area contributed by atoms with Gasteiger partial charge in [0.2, 0.25) is 0 Å². The van der Waals surface area contributed by atoms with E-state index in [1.807, 2.05) is 54.6 Å². The van der Waals surface area contributed by atoms with E-state index in [1.54, 1.807) is 11.9 Å². The number of nitrogens with two attached hydrogens (primary N) is 1. The van der Waals surface area contributed by atoms with Crippen LogP contribution in [0, 0.1) is 0 Å². The van der Waals surface area contributed by atoms with E-state index < -0.39 is 0 Å². The van der Waals surface area contributed by atoms with E-state index in [0.29, 0.717) is 13.1 Å². The van der Waals surface area contributed by atoms with Crippen LogP contribution in [0.5, 0.6) is 0 Å². The molecule has 2 aromatic carbocycles. The molecule has 0 heterocycles. The molecule has 0 spiro atoms. The number of rotatable bonds is 4. The summed E-state index contributed by atoms with van der Waals surface area (Å²) < 4.78 is 0. The number of nitrogens with zero attached hydrogens (tertiary/aromatic N) is 1. The second-order valence-corrected chi connectivity index (χ2v) is 4.74. The molecule has 0 atom stereocenters. The topological polar surface area (TPSA) is 58.4 Å². The van der Waals surface area contributed by atoms with Crippen LogP contribution in [0.25, 0.3) is 0 Å². The van der Waals surface area contributed by atoms with Crippen molar-refractivity contribution in [1.29, 1.82) is 0 Å². The Labute approximate surface area is 119 Å². The molecule has 0 unspecified atom stereocenters. The minimum Gasteiger partial charge on any atom is -0.399 e. The number of carbonyl (C=O) groups is 1. The van der Waals surface area contributed by atoms with E-state index in [2.05, 4.69) is 5.32 Å². The molecule has 0 aliphatic rings. The molecule has 104 valence electrons. The Bertz CT molecular complexity index is 552. The zero-order valence-electron chi connectivity index (χ0n) is 11.5. The molecule has 2 aromatic rings. The molecule has 4 heteroatoms. The monoisotopic (exact) mass is 269 g/mol. The fourth-order valence-electron chi connectivity index (χ4n) is 1.88. The van der Waals surface area contributed by atoms with Crippen LogP contribution in [-0.4, -0.2) is 18.0 Å². The lowest BCUT2D eigenvalue weighted by Crippen LogP contribution is -2.36. The second-order valence-electron chi connectivity index (χ2n) is 4.74. The number of nitrogen functional groups attached to an aromatic ring is 1. The highest BCUT2D eigenvalue weighted by molar-refractivity contribution is 5.73. The molecular weight excluding hydrogens is 250 g/mol. The van der Waals surface area contributed by atoms with Gasteiger partial charge in [-0.05, 0) is 23.3 Å². The van der Waals surface area contributed by atoms with Gasteiger partial charge in [-0.15, -0.1) is 0 Å². The summed E-state index contributed by atoms with van der Waals surface area (Å²) in [6.07, 6.45) is 0. The normalized spacial score (nSPS) is 10.1. The summed E-state index contributed by atoms with van der Waals surface area (Å²) in [6.45, 7) is 1.09. The van der Waals surface area contributed by atoms with E-state index in [-0.39, 0.29) is 6.03 Å². The van der Waals surface area contributed by atoms with Gasteiger partial charge < -0.3 is 16.0 Å². The third kappa shape index (κ3) is 4.02.